The molecule has 1 rings (SSSR count). The summed E-state index contributed by atoms with van der Waals surface area (Å²) in [5.74, 6) is 3.58. The number of nitrogens with one attached hydrogen (secondary N) is 1. The van der Waals surface area contributed by atoms with Crippen LogP contribution in [0.2, 0.25) is 10.0 Å². The van der Waals surface area contributed by atoms with Crippen molar-refractivity contribution in [1.29, 1.82) is 0 Å². The monoisotopic (exact) mass is 401 g/mol. The average Bonchev–Trinajstić information content (AvgIpc) is 2.26. The molecule has 0 aliphatic heterocycles. The van der Waals surface area contributed by atoms with E-state index in [1.165, 1.54) is 23.9 Å². The normalized spacial score (nSPS) is 11.3. The maximum atomic E-state index is 12.1. The molecule has 0 spiro atoms. The fraction of sp³-hybridized carbons (Fsp3) is 0.273. The van der Waals surface area contributed by atoms with Crippen molar-refractivity contribution in [2.75, 3.05) is 18.1 Å². The first kappa shape index (κ1) is 17.2. The lowest BCUT2D eigenvalue weighted by atomic mass is 10.4. The van der Waals surface area contributed by atoms with Gasteiger partial charge in [0.2, 0.25) is 10.0 Å². The van der Waals surface area contributed by atoms with Crippen LogP contribution in [0.3, 0.4) is 0 Å². The molecule has 0 atom stereocenters. The van der Waals surface area contributed by atoms with Crippen LogP contribution in [0.1, 0.15) is 0 Å². The number of sulfonamides is 1. The Bertz CT molecular complexity index is 576. The molecule has 1 N–H and O–H groups in total. The third-order valence-electron chi connectivity index (χ3n) is 1.96. The Morgan fingerprint density at radius 3 is 2.47 bits per heavy atom. The van der Waals surface area contributed by atoms with E-state index in [0.717, 1.165) is 0 Å². The lowest BCUT2D eigenvalue weighted by Gasteiger charge is -2.10. The molecule has 0 aromatic heterocycles. The Labute approximate surface area is 135 Å². The third-order valence-corrected chi connectivity index (χ3v) is 5.66. The molecule has 8 heteroatoms. The Hall–Kier alpha value is 0.1000. The molecule has 0 saturated heterocycles. The molecule has 0 aliphatic carbocycles. The van der Waals surface area contributed by atoms with Crippen LogP contribution in [0, 0.1) is 12.3 Å². The van der Waals surface area contributed by atoms with Crippen LogP contribution in [-0.4, -0.2) is 26.5 Å². The molecule has 0 unspecified atom stereocenters. The van der Waals surface area contributed by atoms with Gasteiger partial charge in [0.1, 0.15) is 4.90 Å². The van der Waals surface area contributed by atoms with Crippen molar-refractivity contribution < 1.29 is 8.42 Å². The first-order valence-electron chi connectivity index (χ1n) is 5.04. The molecule has 0 aliphatic rings. The third kappa shape index (κ3) is 5.18. The average molecular weight is 403 g/mol. The highest BCUT2D eigenvalue weighted by atomic mass is 79.9. The SMILES string of the molecule is C#CCSCCNS(=O)(=O)c1c(Cl)cc(Br)cc1Cl. The first-order chi connectivity index (χ1) is 8.88. The number of thioether (sulfide) groups is 1. The minimum atomic E-state index is -3.73. The topological polar surface area (TPSA) is 46.2 Å². The predicted molar refractivity (Wildman–Crippen MR) is 85.5 cm³/mol. The summed E-state index contributed by atoms with van der Waals surface area (Å²) in [7, 11) is -3.73. The van der Waals surface area contributed by atoms with Gasteiger partial charge in [0, 0.05) is 16.8 Å². The minimum absolute atomic E-state index is 0.0724. The number of terminal acetylenes is 1. The van der Waals surface area contributed by atoms with Gasteiger partial charge in [0.05, 0.1) is 15.8 Å². The summed E-state index contributed by atoms with van der Waals surface area (Å²) in [6.07, 6.45) is 5.09. The Balaban J connectivity index is 2.81. The highest BCUT2D eigenvalue weighted by molar-refractivity contribution is 9.10. The van der Waals surface area contributed by atoms with Gasteiger partial charge < -0.3 is 0 Å². The number of rotatable bonds is 6. The Kier molecular flexibility index (Phi) is 7.01. The van der Waals surface area contributed by atoms with E-state index in [9.17, 15) is 8.42 Å². The molecule has 1 aromatic carbocycles. The van der Waals surface area contributed by atoms with E-state index in [1.54, 1.807) is 0 Å². The summed E-state index contributed by atoms with van der Waals surface area (Å²) < 4.78 is 27.2. The lowest BCUT2D eigenvalue weighted by molar-refractivity contribution is 0.584. The highest BCUT2D eigenvalue weighted by Gasteiger charge is 2.21. The van der Waals surface area contributed by atoms with Crippen molar-refractivity contribution in [2.24, 2.45) is 0 Å². The van der Waals surface area contributed by atoms with Crippen LogP contribution in [0.4, 0.5) is 0 Å². The fourth-order valence-electron chi connectivity index (χ4n) is 1.24. The molecule has 0 amide bonds. The van der Waals surface area contributed by atoms with Crippen molar-refractivity contribution >= 4 is 60.9 Å². The summed E-state index contributed by atoms with van der Waals surface area (Å²) in [5.41, 5.74) is 0. The van der Waals surface area contributed by atoms with Crippen molar-refractivity contribution in [1.82, 2.24) is 4.72 Å². The number of hydrogen-bond donors (Lipinski definition) is 1. The van der Waals surface area contributed by atoms with Gasteiger partial charge in [-0.3, -0.25) is 0 Å². The van der Waals surface area contributed by atoms with Crippen LogP contribution in [0.5, 0.6) is 0 Å². The zero-order chi connectivity index (χ0) is 14.5. The van der Waals surface area contributed by atoms with Gasteiger partial charge in [0.15, 0.2) is 0 Å². The largest absolute Gasteiger partial charge is 0.243 e. The van der Waals surface area contributed by atoms with Crippen LogP contribution in [-0.2, 0) is 10.0 Å². The molecule has 104 valence electrons. The summed E-state index contributed by atoms with van der Waals surface area (Å²) >= 11 is 16.5. The smallest absolute Gasteiger partial charge is 0.210 e. The van der Waals surface area contributed by atoms with Gasteiger partial charge in [-0.2, -0.15) is 0 Å². The molecule has 1 aromatic rings. The molecular formula is C11H10BrCl2NO2S2. The summed E-state index contributed by atoms with van der Waals surface area (Å²) in [5, 5.41) is 0.145. The van der Waals surface area contributed by atoms with Crippen molar-refractivity contribution in [2.45, 2.75) is 4.90 Å². The van der Waals surface area contributed by atoms with E-state index in [-0.39, 0.29) is 21.5 Å². The summed E-state index contributed by atoms with van der Waals surface area (Å²) in [6.45, 7) is 0.261. The molecular weight excluding hydrogens is 393 g/mol. The van der Waals surface area contributed by atoms with E-state index < -0.39 is 10.0 Å². The second-order valence-electron chi connectivity index (χ2n) is 3.35. The first-order valence-corrected chi connectivity index (χ1v) is 9.22. The van der Waals surface area contributed by atoms with Gasteiger partial charge >= 0.3 is 0 Å². The number of hydrogen-bond acceptors (Lipinski definition) is 3. The van der Waals surface area contributed by atoms with Crippen LogP contribution < -0.4 is 4.72 Å². The molecule has 0 bridgehead atoms. The van der Waals surface area contributed by atoms with Gasteiger partial charge in [-0.15, -0.1) is 18.2 Å². The lowest BCUT2D eigenvalue weighted by Crippen LogP contribution is -2.26. The fourth-order valence-corrected chi connectivity index (χ4v) is 4.84. The minimum Gasteiger partial charge on any atom is -0.210 e. The van der Waals surface area contributed by atoms with Gasteiger partial charge in [0.25, 0.3) is 0 Å². The quantitative estimate of drug-likeness (QED) is 0.585. The zero-order valence-electron chi connectivity index (χ0n) is 9.62. The molecule has 0 saturated carbocycles. The molecule has 19 heavy (non-hydrogen) atoms. The Morgan fingerprint density at radius 1 is 1.37 bits per heavy atom. The van der Waals surface area contributed by atoms with Gasteiger partial charge in [-0.25, -0.2) is 13.1 Å². The second kappa shape index (κ2) is 7.77. The van der Waals surface area contributed by atoms with E-state index in [4.69, 9.17) is 29.6 Å². The zero-order valence-corrected chi connectivity index (χ0v) is 14.4. The second-order valence-corrected chi connectivity index (χ2v) is 7.89. The predicted octanol–water partition coefficient (Wildman–Crippen LogP) is 3.40. The van der Waals surface area contributed by atoms with E-state index >= 15 is 0 Å². The van der Waals surface area contributed by atoms with E-state index in [1.807, 2.05) is 0 Å². The van der Waals surface area contributed by atoms with E-state index in [0.29, 0.717) is 16.0 Å². The molecule has 3 nitrogen and oxygen atoms in total. The number of halogens is 3. The summed E-state index contributed by atoms with van der Waals surface area (Å²) in [4.78, 5) is -0.110. The molecule has 0 fully saturated rings. The Morgan fingerprint density at radius 2 is 1.95 bits per heavy atom. The highest BCUT2D eigenvalue weighted by Crippen LogP contribution is 2.32. The van der Waals surface area contributed by atoms with Crippen LogP contribution in [0.25, 0.3) is 0 Å². The van der Waals surface area contributed by atoms with Gasteiger partial charge in [-0.1, -0.05) is 45.1 Å². The van der Waals surface area contributed by atoms with Crippen molar-refractivity contribution in [3.63, 3.8) is 0 Å². The van der Waals surface area contributed by atoms with Crippen LogP contribution >= 0.6 is 50.9 Å². The van der Waals surface area contributed by atoms with Crippen molar-refractivity contribution in [3.05, 3.63) is 26.7 Å². The maximum absolute atomic E-state index is 12.1. The van der Waals surface area contributed by atoms with Gasteiger partial charge in [-0.05, 0) is 12.1 Å². The molecule has 0 radical (unpaired) electrons. The van der Waals surface area contributed by atoms with Crippen molar-refractivity contribution in [3.8, 4) is 12.3 Å². The molecule has 0 heterocycles. The standard InChI is InChI=1S/C11H10BrCl2NO2S2/c1-2-4-18-5-3-15-19(16,17)11-9(13)6-8(12)7-10(11)14/h1,6-7,15H,3-5H2. The van der Waals surface area contributed by atoms with E-state index in [2.05, 4.69) is 26.6 Å². The number of benzene rings is 1. The van der Waals surface area contributed by atoms with Crippen LogP contribution in [0.15, 0.2) is 21.5 Å². The summed E-state index contributed by atoms with van der Waals surface area (Å²) in [6, 6.07) is 2.96. The maximum Gasteiger partial charge on any atom is 0.243 e.